The molecule has 0 bridgehead atoms. The lowest BCUT2D eigenvalue weighted by molar-refractivity contribution is -0.134. The fourth-order valence-electron chi connectivity index (χ4n) is 2.81. The SMILES string of the molecule is CCC(=O)NCC(=O)N1CCN(Cc2cc(Cl)ccc2NC(C)=O)CC1. The van der Waals surface area contributed by atoms with Crippen molar-refractivity contribution in [2.75, 3.05) is 38.0 Å². The third-order valence-electron chi connectivity index (χ3n) is 4.25. The Morgan fingerprint density at radius 3 is 2.46 bits per heavy atom. The van der Waals surface area contributed by atoms with Gasteiger partial charge in [-0.25, -0.2) is 0 Å². The van der Waals surface area contributed by atoms with E-state index in [9.17, 15) is 14.4 Å². The van der Waals surface area contributed by atoms with Crippen LogP contribution < -0.4 is 10.6 Å². The van der Waals surface area contributed by atoms with Gasteiger partial charge in [-0.05, 0) is 23.8 Å². The number of carbonyl (C=O) groups excluding carboxylic acids is 3. The topological polar surface area (TPSA) is 81.8 Å². The highest BCUT2D eigenvalue weighted by Gasteiger charge is 2.22. The quantitative estimate of drug-likeness (QED) is 0.783. The van der Waals surface area contributed by atoms with Crippen LogP contribution >= 0.6 is 11.6 Å². The molecule has 1 aliphatic heterocycles. The van der Waals surface area contributed by atoms with Crippen LogP contribution in [-0.4, -0.2) is 60.2 Å². The van der Waals surface area contributed by atoms with Gasteiger partial charge in [-0.15, -0.1) is 0 Å². The molecule has 0 radical (unpaired) electrons. The number of hydrogen-bond donors (Lipinski definition) is 2. The lowest BCUT2D eigenvalue weighted by Crippen LogP contribution is -2.50. The average molecular weight is 381 g/mol. The van der Waals surface area contributed by atoms with Crippen molar-refractivity contribution in [2.24, 2.45) is 0 Å². The fraction of sp³-hybridized carbons (Fsp3) is 0.500. The van der Waals surface area contributed by atoms with E-state index in [0.29, 0.717) is 31.1 Å². The number of anilines is 1. The monoisotopic (exact) mass is 380 g/mol. The molecule has 1 aromatic rings. The second-order valence-electron chi connectivity index (χ2n) is 6.27. The lowest BCUT2D eigenvalue weighted by atomic mass is 10.1. The molecule has 0 spiro atoms. The van der Waals surface area contributed by atoms with Gasteiger partial charge < -0.3 is 15.5 Å². The Morgan fingerprint density at radius 2 is 1.85 bits per heavy atom. The van der Waals surface area contributed by atoms with Gasteiger partial charge >= 0.3 is 0 Å². The molecule has 1 heterocycles. The second-order valence-corrected chi connectivity index (χ2v) is 6.71. The molecule has 8 heteroatoms. The molecule has 0 aliphatic carbocycles. The minimum atomic E-state index is -0.127. The van der Waals surface area contributed by atoms with Crippen LogP contribution in [0.1, 0.15) is 25.8 Å². The number of nitrogens with zero attached hydrogens (tertiary/aromatic N) is 2. The summed E-state index contributed by atoms with van der Waals surface area (Å²) in [6, 6.07) is 5.40. The average Bonchev–Trinajstić information content (AvgIpc) is 2.62. The van der Waals surface area contributed by atoms with Crippen molar-refractivity contribution in [1.29, 1.82) is 0 Å². The molecule has 2 rings (SSSR count). The fourth-order valence-corrected chi connectivity index (χ4v) is 3.01. The van der Waals surface area contributed by atoms with Crippen LogP contribution in [0.3, 0.4) is 0 Å². The van der Waals surface area contributed by atoms with E-state index in [1.807, 2.05) is 6.07 Å². The van der Waals surface area contributed by atoms with Crippen molar-refractivity contribution in [3.63, 3.8) is 0 Å². The highest BCUT2D eigenvalue weighted by atomic mass is 35.5. The van der Waals surface area contributed by atoms with Crippen LogP contribution in [0.2, 0.25) is 5.02 Å². The summed E-state index contributed by atoms with van der Waals surface area (Å²) in [7, 11) is 0. The van der Waals surface area contributed by atoms with Crippen molar-refractivity contribution in [3.05, 3.63) is 28.8 Å². The van der Waals surface area contributed by atoms with Crippen molar-refractivity contribution < 1.29 is 14.4 Å². The molecular weight excluding hydrogens is 356 g/mol. The summed E-state index contributed by atoms with van der Waals surface area (Å²) in [4.78, 5) is 38.7. The van der Waals surface area contributed by atoms with E-state index in [2.05, 4.69) is 15.5 Å². The Labute approximate surface area is 158 Å². The van der Waals surface area contributed by atoms with E-state index in [1.54, 1.807) is 24.0 Å². The number of rotatable bonds is 6. The van der Waals surface area contributed by atoms with Gasteiger partial charge in [0.1, 0.15) is 0 Å². The largest absolute Gasteiger partial charge is 0.347 e. The summed E-state index contributed by atoms with van der Waals surface area (Å²) in [6.45, 7) is 6.58. The van der Waals surface area contributed by atoms with Crippen LogP contribution in [0.15, 0.2) is 18.2 Å². The Morgan fingerprint density at radius 1 is 1.15 bits per heavy atom. The molecule has 1 aliphatic rings. The first-order valence-electron chi connectivity index (χ1n) is 8.72. The predicted molar refractivity (Wildman–Crippen MR) is 101 cm³/mol. The number of amides is 3. The zero-order valence-electron chi connectivity index (χ0n) is 15.2. The molecule has 0 atom stereocenters. The molecule has 7 nitrogen and oxygen atoms in total. The standard InChI is InChI=1S/C18H25ClN4O3/c1-3-17(25)20-11-18(26)23-8-6-22(7-9-23)12-14-10-15(19)4-5-16(14)21-13(2)24/h4-5,10H,3,6-9,11-12H2,1-2H3,(H,20,25)(H,21,24). The zero-order chi connectivity index (χ0) is 19.1. The molecule has 3 amide bonds. The van der Waals surface area contributed by atoms with Gasteiger partial charge in [0.15, 0.2) is 0 Å². The smallest absolute Gasteiger partial charge is 0.242 e. The number of halogens is 1. The molecular formula is C18H25ClN4O3. The first kappa shape index (κ1) is 20.2. The molecule has 0 saturated carbocycles. The molecule has 1 saturated heterocycles. The van der Waals surface area contributed by atoms with Crippen LogP contribution in [0.5, 0.6) is 0 Å². The van der Waals surface area contributed by atoms with Crippen LogP contribution in [-0.2, 0) is 20.9 Å². The Balaban J connectivity index is 1.89. The van der Waals surface area contributed by atoms with Crippen LogP contribution in [0, 0.1) is 0 Å². The van der Waals surface area contributed by atoms with Gasteiger partial charge in [0.05, 0.1) is 6.54 Å². The van der Waals surface area contributed by atoms with E-state index in [1.165, 1.54) is 6.92 Å². The van der Waals surface area contributed by atoms with Gasteiger partial charge in [0.2, 0.25) is 17.7 Å². The highest BCUT2D eigenvalue weighted by Crippen LogP contribution is 2.23. The maximum absolute atomic E-state index is 12.1. The van der Waals surface area contributed by atoms with Crippen molar-refractivity contribution in [1.82, 2.24) is 15.1 Å². The summed E-state index contributed by atoms with van der Waals surface area (Å²) < 4.78 is 0. The number of benzene rings is 1. The molecule has 0 aromatic heterocycles. The third-order valence-corrected chi connectivity index (χ3v) is 4.49. The summed E-state index contributed by atoms with van der Waals surface area (Å²) in [5, 5.41) is 6.05. The second kappa shape index (κ2) is 9.54. The molecule has 2 N–H and O–H groups in total. The van der Waals surface area contributed by atoms with Gasteiger partial charge in [0.25, 0.3) is 0 Å². The first-order valence-corrected chi connectivity index (χ1v) is 9.09. The number of piperazine rings is 1. The molecule has 142 valence electrons. The third kappa shape index (κ3) is 6.00. The number of carbonyl (C=O) groups is 3. The minimum Gasteiger partial charge on any atom is -0.347 e. The van der Waals surface area contributed by atoms with E-state index in [-0.39, 0.29) is 24.3 Å². The summed E-state index contributed by atoms with van der Waals surface area (Å²) >= 11 is 6.09. The summed E-state index contributed by atoms with van der Waals surface area (Å²) in [6.07, 6.45) is 0.372. The number of hydrogen-bond acceptors (Lipinski definition) is 4. The normalized spacial score (nSPS) is 14.8. The van der Waals surface area contributed by atoms with Gasteiger partial charge in [-0.1, -0.05) is 18.5 Å². The van der Waals surface area contributed by atoms with Gasteiger partial charge in [0, 0.05) is 56.8 Å². The molecule has 26 heavy (non-hydrogen) atoms. The summed E-state index contributed by atoms with van der Waals surface area (Å²) in [5.74, 6) is -0.310. The zero-order valence-corrected chi connectivity index (χ0v) is 15.9. The Kier molecular flexibility index (Phi) is 7.41. The van der Waals surface area contributed by atoms with Crippen molar-refractivity contribution in [3.8, 4) is 0 Å². The molecule has 0 unspecified atom stereocenters. The first-order chi connectivity index (χ1) is 12.4. The molecule has 1 aromatic carbocycles. The van der Waals surface area contributed by atoms with Gasteiger partial charge in [-0.2, -0.15) is 0 Å². The van der Waals surface area contributed by atoms with Crippen molar-refractivity contribution in [2.45, 2.75) is 26.8 Å². The maximum Gasteiger partial charge on any atom is 0.242 e. The van der Waals surface area contributed by atoms with E-state index in [4.69, 9.17) is 11.6 Å². The van der Waals surface area contributed by atoms with Crippen LogP contribution in [0.25, 0.3) is 0 Å². The van der Waals surface area contributed by atoms with E-state index in [0.717, 1.165) is 24.3 Å². The summed E-state index contributed by atoms with van der Waals surface area (Å²) in [5.41, 5.74) is 1.70. The minimum absolute atomic E-state index is 0.0493. The van der Waals surface area contributed by atoms with Gasteiger partial charge in [-0.3, -0.25) is 19.3 Å². The maximum atomic E-state index is 12.1. The number of nitrogens with one attached hydrogen (secondary N) is 2. The highest BCUT2D eigenvalue weighted by molar-refractivity contribution is 6.30. The Bertz CT molecular complexity index is 672. The van der Waals surface area contributed by atoms with Crippen LogP contribution in [0.4, 0.5) is 5.69 Å². The molecule has 1 fully saturated rings. The van der Waals surface area contributed by atoms with Crippen molar-refractivity contribution >= 4 is 35.0 Å². The predicted octanol–water partition coefficient (Wildman–Crippen LogP) is 1.47. The lowest BCUT2D eigenvalue weighted by Gasteiger charge is -2.35. The van der Waals surface area contributed by atoms with E-state index >= 15 is 0 Å². The Hall–Kier alpha value is -2.12. The van der Waals surface area contributed by atoms with E-state index < -0.39 is 0 Å².